The molecule has 0 amide bonds. The van der Waals surface area contributed by atoms with Gasteiger partial charge < -0.3 is 10.6 Å². The van der Waals surface area contributed by atoms with Crippen LogP contribution in [0.15, 0.2) is 0 Å². The molecule has 0 aromatic rings. The largest absolute Gasteiger partial charge is 0.366 e. The van der Waals surface area contributed by atoms with Crippen LogP contribution in [-0.4, -0.2) is 18.7 Å². The molecule has 0 atom stereocenters. The van der Waals surface area contributed by atoms with Gasteiger partial charge in [0, 0.05) is 13.6 Å². The van der Waals surface area contributed by atoms with Gasteiger partial charge in [-0.15, -0.1) is 0 Å². The van der Waals surface area contributed by atoms with Crippen molar-refractivity contribution in [2.75, 3.05) is 13.6 Å². The van der Waals surface area contributed by atoms with Crippen LogP contribution in [-0.2, 0) is 0 Å². The Morgan fingerprint density at radius 1 is 1.86 bits per heavy atom. The van der Waals surface area contributed by atoms with Crippen molar-refractivity contribution in [1.29, 1.82) is 0 Å². The van der Waals surface area contributed by atoms with Crippen LogP contribution in [0.25, 0.3) is 0 Å². The lowest BCUT2D eigenvalue weighted by Crippen LogP contribution is -2.31. The molecule has 41 valence electrons. The second-order valence-corrected chi connectivity index (χ2v) is 1.41. The van der Waals surface area contributed by atoms with E-state index < -0.39 is 0 Å². The summed E-state index contributed by atoms with van der Waals surface area (Å²) in [6, 6.07) is 0. The third-order valence-corrected chi connectivity index (χ3v) is 0.861. The Hall–Kier alpha value is -0.310. The summed E-state index contributed by atoms with van der Waals surface area (Å²) in [7, 11) is 1.77. The maximum atomic E-state index is 4.69. The minimum Gasteiger partial charge on any atom is -0.366 e. The van der Waals surface area contributed by atoms with Crippen molar-refractivity contribution in [3.8, 4) is 0 Å². The zero-order chi connectivity index (χ0) is 5.70. The first-order valence-electron chi connectivity index (χ1n) is 2.06. The number of rotatable bonds is 1. The van der Waals surface area contributed by atoms with E-state index in [4.69, 9.17) is 12.2 Å². The molecule has 0 saturated heterocycles. The van der Waals surface area contributed by atoms with Gasteiger partial charge in [-0.25, -0.2) is 0 Å². The number of hydrogen-bond donors (Lipinski definition) is 2. The first-order chi connectivity index (χ1) is 3.31. The Kier molecular flexibility index (Phi) is 3.69. The van der Waals surface area contributed by atoms with E-state index in [0.717, 1.165) is 0 Å². The normalized spacial score (nSPS) is 7.71. The molecule has 0 aliphatic carbocycles. The van der Waals surface area contributed by atoms with Crippen molar-refractivity contribution in [2.24, 2.45) is 0 Å². The molecule has 0 fully saturated rings. The molecule has 0 saturated carbocycles. The van der Waals surface area contributed by atoms with E-state index in [2.05, 4.69) is 17.6 Å². The third-order valence-electron chi connectivity index (χ3n) is 0.513. The summed E-state index contributed by atoms with van der Waals surface area (Å²) in [6.07, 6.45) is 0. The van der Waals surface area contributed by atoms with Crippen molar-refractivity contribution >= 4 is 17.3 Å². The monoisotopic (exact) mass is 117 g/mol. The number of nitrogens with one attached hydrogen (secondary N) is 2. The predicted molar refractivity (Wildman–Crippen MR) is 35.0 cm³/mol. The highest BCUT2D eigenvalue weighted by Crippen LogP contribution is 1.58. The molecule has 7 heavy (non-hydrogen) atoms. The van der Waals surface area contributed by atoms with Gasteiger partial charge in [0.2, 0.25) is 0 Å². The number of thiocarbonyl (C=S) groups is 1. The van der Waals surface area contributed by atoms with Crippen LogP contribution >= 0.6 is 12.2 Å². The van der Waals surface area contributed by atoms with Gasteiger partial charge in [0.05, 0.1) is 0 Å². The van der Waals surface area contributed by atoms with Gasteiger partial charge >= 0.3 is 0 Å². The van der Waals surface area contributed by atoms with Crippen molar-refractivity contribution in [1.82, 2.24) is 10.6 Å². The predicted octanol–water partition coefficient (Wildman–Crippen LogP) is -0.0856. The van der Waals surface area contributed by atoms with Gasteiger partial charge in [0.1, 0.15) is 0 Å². The lowest BCUT2D eigenvalue weighted by atomic mass is 10.7. The number of hydrogen-bond acceptors (Lipinski definition) is 1. The second-order valence-electron chi connectivity index (χ2n) is 1.01. The Labute approximate surface area is 49.3 Å². The van der Waals surface area contributed by atoms with Gasteiger partial charge in [0.15, 0.2) is 5.11 Å². The fourth-order valence-electron chi connectivity index (χ4n) is 0.202. The van der Waals surface area contributed by atoms with Gasteiger partial charge in [-0.1, -0.05) is 0 Å². The molecule has 0 aliphatic heterocycles. The second kappa shape index (κ2) is 3.87. The zero-order valence-electron chi connectivity index (χ0n) is 4.32. The summed E-state index contributed by atoms with van der Waals surface area (Å²) in [5.41, 5.74) is 0. The maximum absolute atomic E-state index is 4.69. The zero-order valence-corrected chi connectivity index (χ0v) is 5.14. The van der Waals surface area contributed by atoms with Gasteiger partial charge in [-0.05, 0) is 19.1 Å². The molecular formula is C4H9N2S. The molecule has 2 nitrogen and oxygen atoms in total. The molecule has 0 heterocycles. The SMILES string of the molecule is [CH2]CNC(=S)NC. The van der Waals surface area contributed by atoms with E-state index in [1.54, 1.807) is 7.05 Å². The molecule has 0 bridgehead atoms. The van der Waals surface area contributed by atoms with Crippen LogP contribution in [0, 0.1) is 6.92 Å². The first-order valence-corrected chi connectivity index (χ1v) is 2.47. The molecule has 0 aromatic carbocycles. The minimum absolute atomic E-state index is 0.639. The topological polar surface area (TPSA) is 24.1 Å². The Morgan fingerprint density at radius 2 is 2.43 bits per heavy atom. The summed E-state index contributed by atoms with van der Waals surface area (Å²) in [4.78, 5) is 0. The van der Waals surface area contributed by atoms with E-state index >= 15 is 0 Å². The fourth-order valence-corrected chi connectivity index (χ4v) is 0.304. The summed E-state index contributed by atoms with van der Waals surface area (Å²) in [6.45, 7) is 4.17. The smallest absolute Gasteiger partial charge is 0.166 e. The average Bonchev–Trinajstić information content (AvgIpc) is 1.68. The molecule has 0 unspecified atom stereocenters. The molecule has 0 rings (SSSR count). The van der Waals surface area contributed by atoms with E-state index in [9.17, 15) is 0 Å². The summed E-state index contributed by atoms with van der Waals surface area (Å²) >= 11 is 4.69. The van der Waals surface area contributed by atoms with Crippen LogP contribution < -0.4 is 10.6 Å². The van der Waals surface area contributed by atoms with Crippen molar-refractivity contribution in [3.05, 3.63) is 6.92 Å². The van der Waals surface area contributed by atoms with Gasteiger partial charge in [-0.2, -0.15) is 0 Å². The van der Waals surface area contributed by atoms with E-state index in [-0.39, 0.29) is 0 Å². The molecule has 3 heteroatoms. The first kappa shape index (κ1) is 6.69. The summed E-state index contributed by atoms with van der Waals surface area (Å²) in [5.74, 6) is 0. The van der Waals surface area contributed by atoms with Crippen LogP contribution in [0.4, 0.5) is 0 Å². The van der Waals surface area contributed by atoms with Gasteiger partial charge in [-0.3, -0.25) is 0 Å². The lowest BCUT2D eigenvalue weighted by molar-refractivity contribution is 0.988. The highest BCUT2D eigenvalue weighted by atomic mass is 32.1. The van der Waals surface area contributed by atoms with Crippen LogP contribution in [0.2, 0.25) is 0 Å². The van der Waals surface area contributed by atoms with Crippen molar-refractivity contribution in [2.45, 2.75) is 0 Å². The maximum Gasteiger partial charge on any atom is 0.166 e. The lowest BCUT2D eigenvalue weighted by Gasteiger charge is -2.00. The van der Waals surface area contributed by atoms with Crippen molar-refractivity contribution in [3.63, 3.8) is 0 Å². The van der Waals surface area contributed by atoms with Crippen LogP contribution in [0.5, 0.6) is 0 Å². The molecule has 2 N–H and O–H groups in total. The molecule has 0 aromatic heterocycles. The Morgan fingerprint density at radius 3 is 2.57 bits per heavy atom. The van der Waals surface area contributed by atoms with Crippen LogP contribution in [0.1, 0.15) is 0 Å². The molecule has 0 spiro atoms. The average molecular weight is 117 g/mol. The minimum atomic E-state index is 0.639. The van der Waals surface area contributed by atoms with E-state index in [0.29, 0.717) is 11.7 Å². The highest BCUT2D eigenvalue weighted by molar-refractivity contribution is 7.80. The standard InChI is InChI=1S/C4H9N2S/c1-3-6-4(7)5-2/h1,3H2,2H3,(H2,5,6,7). The summed E-state index contributed by atoms with van der Waals surface area (Å²) in [5, 5.41) is 6.20. The van der Waals surface area contributed by atoms with E-state index in [1.807, 2.05) is 0 Å². The fraction of sp³-hybridized carbons (Fsp3) is 0.500. The Bertz CT molecular complexity index is 62.7. The van der Waals surface area contributed by atoms with E-state index in [1.165, 1.54) is 0 Å². The molecular weight excluding hydrogens is 108 g/mol. The molecule has 0 aliphatic rings. The summed E-state index contributed by atoms with van der Waals surface area (Å²) < 4.78 is 0. The Balaban J connectivity index is 3.00. The van der Waals surface area contributed by atoms with Gasteiger partial charge in [0.25, 0.3) is 0 Å². The van der Waals surface area contributed by atoms with Crippen molar-refractivity contribution < 1.29 is 0 Å². The van der Waals surface area contributed by atoms with Crippen LogP contribution in [0.3, 0.4) is 0 Å². The highest BCUT2D eigenvalue weighted by Gasteiger charge is 1.80. The molecule has 1 radical (unpaired) electrons. The quantitative estimate of drug-likeness (QED) is 0.469. The third kappa shape index (κ3) is 3.52.